The molecular formula is C21H22ClN3O. The van der Waals surface area contributed by atoms with Gasteiger partial charge in [-0.15, -0.1) is 0 Å². The first kappa shape index (κ1) is 18.2. The van der Waals surface area contributed by atoms with Crippen LogP contribution in [0.15, 0.2) is 59.1 Å². The second-order valence-electron chi connectivity index (χ2n) is 6.32. The van der Waals surface area contributed by atoms with E-state index < -0.39 is 0 Å². The molecular weight excluding hydrogens is 346 g/mol. The maximum absolute atomic E-state index is 12.9. The van der Waals surface area contributed by atoms with Crippen LogP contribution < -0.4 is 5.73 Å². The third-order valence-corrected chi connectivity index (χ3v) is 5.20. The largest absolute Gasteiger partial charge is 0.398 e. The topological polar surface area (TPSA) is 58.7 Å². The molecule has 2 aromatic carbocycles. The second kappa shape index (κ2) is 7.75. The minimum atomic E-state index is -0.0246. The molecule has 1 fully saturated rings. The van der Waals surface area contributed by atoms with Gasteiger partial charge in [-0.3, -0.25) is 9.79 Å². The molecule has 1 saturated heterocycles. The summed E-state index contributed by atoms with van der Waals surface area (Å²) in [6.45, 7) is 2.92. The van der Waals surface area contributed by atoms with E-state index in [2.05, 4.69) is 4.99 Å². The zero-order valence-electron chi connectivity index (χ0n) is 15.0. The van der Waals surface area contributed by atoms with Gasteiger partial charge in [-0.05, 0) is 36.6 Å². The summed E-state index contributed by atoms with van der Waals surface area (Å²) in [4.78, 5) is 19.2. The lowest BCUT2D eigenvalue weighted by atomic mass is 9.95. The van der Waals surface area contributed by atoms with Crippen molar-refractivity contribution >= 4 is 28.9 Å². The van der Waals surface area contributed by atoms with Crippen molar-refractivity contribution in [2.45, 2.75) is 13.3 Å². The third-order valence-electron chi connectivity index (χ3n) is 4.79. The first-order chi connectivity index (χ1) is 12.5. The lowest BCUT2D eigenvalue weighted by Gasteiger charge is -2.31. The van der Waals surface area contributed by atoms with Crippen LogP contribution in [0.5, 0.6) is 0 Å². The number of hydrogen-bond donors (Lipinski definition) is 1. The monoisotopic (exact) mass is 367 g/mol. The molecule has 0 unspecified atom stereocenters. The Labute approximate surface area is 159 Å². The van der Waals surface area contributed by atoms with Gasteiger partial charge in [0, 0.05) is 35.4 Å². The van der Waals surface area contributed by atoms with E-state index in [1.165, 1.54) is 0 Å². The molecule has 134 valence electrons. The van der Waals surface area contributed by atoms with Crippen LogP contribution in [0.4, 0.5) is 0 Å². The molecule has 0 bridgehead atoms. The maximum Gasteiger partial charge on any atom is 0.254 e. The van der Waals surface area contributed by atoms with E-state index in [1.807, 2.05) is 48.2 Å². The van der Waals surface area contributed by atoms with Gasteiger partial charge in [-0.2, -0.15) is 0 Å². The molecule has 0 aromatic heterocycles. The van der Waals surface area contributed by atoms with Crippen molar-refractivity contribution in [3.8, 4) is 0 Å². The second-order valence-corrected chi connectivity index (χ2v) is 6.72. The van der Waals surface area contributed by atoms with E-state index in [1.54, 1.807) is 19.2 Å². The summed E-state index contributed by atoms with van der Waals surface area (Å²) in [5.41, 5.74) is 11.4. The minimum absolute atomic E-state index is 0.0246. The fourth-order valence-corrected chi connectivity index (χ4v) is 3.39. The fourth-order valence-electron chi connectivity index (χ4n) is 3.22. The van der Waals surface area contributed by atoms with E-state index in [-0.39, 0.29) is 5.91 Å². The van der Waals surface area contributed by atoms with Crippen molar-refractivity contribution in [2.24, 2.45) is 10.7 Å². The highest BCUT2D eigenvalue weighted by molar-refractivity contribution is 6.31. The molecule has 1 aliphatic heterocycles. The Bertz CT molecular complexity index is 887. The number of likely N-dealkylation sites (tertiary alicyclic amines) is 1. The number of benzene rings is 2. The summed E-state index contributed by atoms with van der Waals surface area (Å²) in [7, 11) is 1.74. The number of amides is 1. The number of halogens is 1. The first-order valence-electron chi connectivity index (χ1n) is 8.57. The van der Waals surface area contributed by atoms with E-state index in [0.29, 0.717) is 30.1 Å². The molecule has 2 aromatic rings. The van der Waals surface area contributed by atoms with Crippen molar-refractivity contribution in [1.82, 2.24) is 4.90 Å². The Kier molecular flexibility index (Phi) is 5.43. The van der Waals surface area contributed by atoms with Crippen molar-refractivity contribution in [3.63, 3.8) is 0 Å². The number of piperidine rings is 1. The van der Waals surface area contributed by atoms with Crippen LogP contribution in [0, 0.1) is 6.92 Å². The fraction of sp³-hybridized carbons (Fsp3) is 0.238. The van der Waals surface area contributed by atoms with Crippen LogP contribution in [0.25, 0.3) is 5.70 Å². The Morgan fingerprint density at radius 3 is 2.58 bits per heavy atom. The van der Waals surface area contributed by atoms with E-state index in [0.717, 1.165) is 28.1 Å². The number of nitrogens with two attached hydrogens (primary N) is 1. The summed E-state index contributed by atoms with van der Waals surface area (Å²) in [5, 5.41) is 0.603. The summed E-state index contributed by atoms with van der Waals surface area (Å²) in [5.74, 6) is -0.0246. The number of carbonyl (C=O) groups is 1. The lowest BCUT2D eigenvalue weighted by molar-refractivity contribution is 0.0775. The van der Waals surface area contributed by atoms with Gasteiger partial charge in [0.25, 0.3) is 5.91 Å². The number of rotatable bonds is 2. The SMILES string of the molecule is CN=C1CN(C(=O)c2cccc(Cl)c2C)CCC1=C(N)c1ccccc1. The molecule has 0 atom stereocenters. The zero-order chi connectivity index (χ0) is 18.7. The summed E-state index contributed by atoms with van der Waals surface area (Å²) in [6.07, 6.45) is 0.679. The van der Waals surface area contributed by atoms with Gasteiger partial charge in [-0.25, -0.2) is 0 Å². The molecule has 5 heteroatoms. The van der Waals surface area contributed by atoms with Gasteiger partial charge in [0.1, 0.15) is 0 Å². The van der Waals surface area contributed by atoms with Crippen molar-refractivity contribution in [2.75, 3.05) is 20.1 Å². The van der Waals surface area contributed by atoms with E-state index in [9.17, 15) is 4.79 Å². The van der Waals surface area contributed by atoms with Gasteiger partial charge >= 0.3 is 0 Å². The van der Waals surface area contributed by atoms with Crippen LogP contribution >= 0.6 is 11.6 Å². The van der Waals surface area contributed by atoms with Crippen LogP contribution in [-0.4, -0.2) is 36.7 Å². The molecule has 0 spiro atoms. The Morgan fingerprint density at radius 1 is 1.15 bits per heavy atom. The Hall–Kier alpha value is -2.59. The minimum Gasteiger partial charge on any atom is -0.398 e. The number of nitrogens with zero attached hydrogens (tertiary/aromatic N) is 2. The van der Waals surface area contributed by atoms with Crippen molar-refractivity contribution in [1.29, 1.82) is 0 Å². The molecule has 0 aliphatic carbocycles. The summed E-state index contributed by atoms with van der Waals surface area (Å²) < 4.78 is 0. The third kappa shape index (κ3) is 3.51. The van der Waals surface area contributed by atoms with Crippen LogP contribution in [0.3, 0.4) is 0 Å². The lowest BCUT2D eigenvalue weighted by Crippen LogP contribution is -2.42. The van der Waals surface area contributed by atoms with E-state index in [4.69, 9.17) is 17.3 Å². The zero-order valence-corrected chi connectivity index (χ0v) is 15.8. The number of hydrogen-bond acceptors (Lipinski definition) is 3. The summed E-state index contributed by atoms with van der Waals surface area (Å²) >= 11 is 6.17. The normalized spacial score (nSPS) is 18.1. The van der Waals surface area contributed by atoms with Gasteiger partial charge in [0.05, 0.1) is 12.3 Å². The Balaban J connectivity index is 1.87. The van der Waals surface area contributed by atoms with Gasteiger partial charge in [-0.1, -0.05) is 48.0 Å². The average molecular weight is 368 g/mol. The number of carbonyl (C=O) groups excluding carboxylic acids is 1. The molecule has 1 amide bonds. The highest BCUT2D eigenvalue weighted by Crippen LogP contribution is 2.25. The predicted molar refractivity (Wildman–Crippen MR) is 108 cm³/mol. The van der Waals surface area contributed by atoms with Crippen molar-refractivity contribution in [3.05, 3.63) is 75.8 Å². The molecule has 0 saturated carbocycles. The average Bonchev–Trinajstić information content (AvgIpc) is 2.69. The van der Waals surface area contributed by atoms with Crippen LogP contribution in [0.2, 0.25) is 5.02 Å². The first-order valence-corrected chi connectivity index (χ1v) is 8.95. The maximum atomic E-state index is 12.9. The smallest absolute Gasteiger partial charge is 0.254 e. The van der Waals surface area contributed by atoms with Crippen LogP contribution in [-0.2, 0) is 0 Å². The quantitative estimate of drug-likeness (QED) is 0.874. The number of aliphatic imine (C=N–C) groups is 1. The summed E-state index contributed by atoms with van der Waals surface area (Å²) in [6, 6.07) is 15.3. The standard InChI is InChI=1S/C21H22ClN3O/c1-14-16(9-6-10-18(14)22)21(26)25-12-11-17(19(13-25)24-2)20(23)15-7-4-3-5-8-15/h3-10H,11-13,23H2,1-2H3. The van der Waals surface area contributed by atoms with E-state index >= 15 is 0 Å². The molecule has 3 rings (SSSR count). The molecule has 4 nitrogen and oxygen atoms in total. The van der Waals surface area contributed by atoms with Gasteiger partial charge < -0.3 is 10.6 Å². The van der Waals surface area contributed by atoms with Crippen LogP contribution in [0.1, 0.15) is 27.9 Å². The van der Waals surface area contributed by atoms with Gasteiger partial charge in [0.15, 0.2) is 0 Å². The molecule has 2 N–H and O–H groups in total. The van der Waals surface area contributed by atoms with Crippen molar-refractivity contribution < 1.29 is 4.79 Å². The molecule has 1 aliphatic rings. The Morgan fingerprint density at radius 2 is 1.88 bits per heavy atom. The van der Waals surface area contributed by atoms with Gasteiger partial charge in [0.2, 0.25) is 0 Å². The molecule has 26 heavy (non-hydrogen) atoms. The highest BCUT2D eigenvalue weighted by Gasteiger charge is 2.27. The molecule has 1 heterocycles. The predicted octanol–water partition coefficient (Wildman–Crippen LogP) is 3.94. The highest BCUT2D eigenvalue weighted by atomic mass is 35.5. The molecule has 0 radical (unpaired) electrons.